The molecule has 24 heavy (non-hydrogen) atoms. The van der Waals surface area contributed by atoms with E-state index in [1.807, 2.05) is 6.07 Å². The van der Waals surface area contributed by atoms with Crippen molar-refractivity contribution in [2.75, 3.05) is 5.32 Å². The second-order valence-electron chi connectivity index (χ2n) is 5.50. The molecule has 0 spiro atoms. The fourth-order valence-corrected chi connectivity index (χ4v) is 4.13. The third kappa shape index (κ3) is 2.88. The van der Waals surface area contributed by atoms with E-state index in [1.165, 1.54) is 35.6 Å². The van der Waals surface area contributed by atoms with Crippen LogP contribution in [0.4, 0.5) is 9.39 Å². The van der Waals surface area contributed by atoms with E-state index in [0.717, 1.165) is 11.3 Å². The first kappa shape index (κ1) is 16.1. The molecule has 2 aromatic rings. The topological polar surface area (TPSA) is 90.2 Å². The number of nitriles is 1. The first-order chi connectivity index (χ1) is 11.5. The summed E-state index contributed by atoms with van der Waals surface area (Å²) in [6.07, 6.45) is 1.92. The molecule has 2 N–H and O–H groups in total. The number of halogens is 1. The van der Waals surface area contributed by atoms with E-state index >= 15 is 0 Å². The first-order valence-corrected chi connectivity index (χ1v) is 8.18. The van der Waals surface area contributed by atoms with Gasteiger partial charge in [-0.2, -0.15) is 5.26 Å². The van der Waals surface area contributed by atoms with E-state index < -0.39 is 23.6 Å². The molecule has 1 atom stereocenters. The van der Waals surface area contributed by atoms with Gasteiger partial charge >= 0.3 is 5.97 Å². The van der Waals surface area contributed by atoms with Gasteiger partial charge in [0.2, 0.25) is 0 Å². The molecular weight excluding hydrogens is 331 g/mol. The predicted molar refractivity (Wildman–Crippen MR) is 86.7 cm³/mol. The maximum absolute atomic E-state index is 12.9. The number of hydrogen-bond donors (Lipinski definition) is 2. The lowest BCUT2D eigenvalue weighted by molar-refractivity contribution is -0.139. The van der Waals surface area contributed by atoms with Crippen molar-refractivity contribution >= 4 is 28.2 Å². The van der Waals surface area contributed by atoms with Crippen LogP contribution in [0.25, 0.3) is 0 Å². The molecule has 3 rings (SSSR count). The number of carboxylic acid groups (broad SMARTS) is 1. The third-order valence-corrected chi connectivity index (χ3v) is 5.19. The van der Waals surface area contributed by atoms with Crippen molar-refractivity contribution in [3.63, 3.8) is 0 Å². The number of hydrogen-bond acceptors (Lipinski definition) is 4. The van der Waals surface area contributed by atoms with Crippen LogP contribution in [0.15, 0.2) is 24.3 Å². The van der Waals surface area contributed by atoms with Gasteiger partial charge in [-0.15, -0.1) is 11.3 Å². The van der Waals surface area contributed by atoms with Crippen LogP contribution in [-0.2, 0) is 11.2 Å². The van der Waals surface area contributed by atoms with E-state index in [9.17, 15) is 24.3 Å². The van der Waals surface area contributed by atoms with Crippen molar-refractivity contribution in [2.24, 2.45) is 0 Å². The Kier molecular flexibility index (Phi) is 4.32. The summed E-state index contributed by atoms with van der Waals surface area (Å²) in [4.78, 5) is 24.5. The fraction of sp³-hybridized carbons (Fsp3) is 0.235. The molecule has 0 radical (unpaired) electrons. The number of carbonyl (C=O) groups is 2. The number of nitrogens with zero attached hydrogens (tertiary/aromatic N) is 1. The van der Waals surface area contributed by atoms with Gasteiger partial charge in [0.25, 0.3) is 5.91 Å². The zero-order chi connectivity index (χ0) is 17.3. The number of carbonyl (C=O) groups excluding carboxylic acids is 1. The Morgan fingerprint density at radius 1 is 1.33 bits per heavy atom. The van der Waals surface area contributed by atoms with Crippen LogP contribution in [0.2, 0.25) is 0 Å². The number of anilines is 1. The van der Waals surface area contributed by atoms with Gasteiger partial charge in [0.15, 0.2) is 0 Å². The highest BCUT2D eigenvalue weighted by atomic mass is 32.1. The van der Waals surface area contributed by atoms with Crippen LogP contribution in [-0.4, -0.2) is 17.0 Å². The van der Waals surface area contributed by atoms with E-state index in [0.29, 0.717) is 23.4 Å². The summed E-state index contributed by atoms with van der Waals surface area (Å²) in [5.74, 6) is -2.57. The standard InChI is InChI=1S/C17H13FN2O3S/c18-10-6-4-9(5-7-10)15(21)20-16-12(8-19)14-11(17(22)23)2-1-3-13(14)24-16/h4-7,11H,1-3H2,(H,20,21)(H,22,23). The quantitative estimate of drug-likeness (QED) is 0.891. The maximum Gasteiger partial charge on any atom is 0.311 e. The zero-order valence-corrected chi connectivity index (χ0v) is 13.3. The zero-order valence-electron chi connectivity index (χ0n) is 12.5. The number of aliphatic carboxylic acids is 1. The van der Waals surface area contributed by atoms with Crippen molar-refractivity contribution in [3.8, 4) is 6.07 Å². The van der Waals surface area contributed by atoms with Gasteiger partial charge in [-0.25, -0.2) is 4.39 Å². The average Bonchev–Trinajstić information content (AvgIpc) is 2.92. The van der Waals surface area contributed by atoms with E-state index in [2.05, 4.69) is 5.32 Å². The van der Waals surface area contributed by atoms with E-state index in [4.69, 9.17) is 0 Å². The van der Waals surface area contributed by atoms with Gasteiger partial charge < -0.3 is 10.4 Å². The predicted octanol–water partition coefficient (Wildman–Crippen LogP) is 3.52. The van der Waals surface area contributed by atoms with Gasteiger partial charge in [-0.1, -0.05) is 0 Å². The normalized spacial score (nSPS) is 16.1. The minimum Gasteiger partial charge on any atom is -0.481 e. The van der Waals surface area contributed by atoms with Gasteiger partial charge in [0, 0.05) is 16.0 Å². The molecule has 1 unspecified atom stereocenters. The highest BCUT2D eigenvalue weighted by molar-refractivity contribution is 7.16. The van der Waals surface area contributed by atoms with Crippen molar-refractivity contribution in [3.05, 3.63) is 51.7 Å². The molecule has 1 heterocycles. The van der Waals surface area contributed by atoms with Crippen LogP contribution >= 0.6 is 11.3 Å². The Morgan fingerprint density at radius 3 is 2.67 bits per heavy atom. The van der Waals surface area contributed by atoms with Gasteiger partial charge in [-0.05, 0) is 43.5 Å². The van der Waals surface area contributed by atoms with Gasteiger partial charge in [0.1, 0.15) is 16.9 Å². The van der Waals surface area contributed by atoms with Crippen LogP contribution in [0.3, 0.4) is 0 Å². The molecule has 0 aliphatic heterocycles. The highest BCUT2D eigenvalue weighted by Crippen LogP contribution is 2.43. The smallest absolute Gasteiger partial charge is 0.311 e. The number of rotatable bonds is 3. The number of fused-ring (bicyclic) bond motifs is 1. The summed E-state index contributed by atoms with van der Waals surface area (Å²) in [7, 11) is 0. The number of nitrogens with one attached hydrogen (secondary N) is 1. The maximum atomic E-state index is 12.9. The minimum atomic E-state index is -0.957. The second-order valence-corrected chi connectivity index (χ2v) is 6.60. The average molecular weight is 344 g/mol. The molecule has 0 bridgehead atoms. The number of benzene rings is 1. The summed E-state index contributed by atoms with van der Waals surface area (Å²) in [6, 6.07) is 7.09. The Balaban J connectivity index is 1.95. The summed E-state index contributed by atoms with van der Waals surface area (Å²) in [5, 5.41) is 21.8. The molecule has 1 aromatic carbocycles. The molecule has 1 amide bonds. The van der Waals surface area contributed by atoms with Crippen LogP contribution in [0, 0.1) is 17.1 Å². The van der Waals surface area contributed by atoms with Crippen molar-refractivity contribution in [1.29, 1.82) is 5.26 Å². The number of carboxylic acids is 1. The Morgan fingerprint density at radius 2 is 2.04 bits per heavy atom. The first-order valence-electron chi connectivity index (χ1n) is 7.36. The molecule has 122 valence electrons. The number of thiophene rings is 1. The Bertz CT molecular complexity index is 852. The molecular formula is C17H13FN2O3S. The lowest BCUT2D eigenvalue weighted by atomic mass is 9.85. The third-order valence-electron chi connectivity index (χ3n) is 4.01. The van der Waals surface area contributed by atoms with E-state index in [1.54, 1.807) is 0 Å². The van der Waals surface area contributed by atoms with Crippen molar-refractivity contribution < 1.29 is 19.1 Å². The van der Waals surface area contributed by atoms with Crippen molar-refractivity contribution in [2.45, 2.75) is 25.2 Å². The molecule has 1 aliphatic carbocycles. The van der Waals surface area contributed by atoms with Gasteiger partial charge in [0.05, 0.1) is 11.5 Å². The minimum absolute atomic E-state index is 0.220. The fourth-order valence-electron chi connectivity index (χ4n) is 2.88. The van der Waals surface area contributed by atoms with Crippen LogP contribution < -0.4 is 5.32 Å². The molecule has 0 saturated heterocycles. The molecule has 0 fully saturated rings. The highest BCUT2D eigenvalue weighted by Gasteiger charge is 2.33. The Labute approximate surface area is 141 Å². The lowest BCUT2D eigenvalue weighted by Crippen LogP contribution is -2.17. The lowest BCUT2D eigenvalue weighted by Gasteiger charge is -2.18. The van der Waals surface area contributed by atoms with Gasteiger partial charge in [-0.3, -0.25) is 9.59 Å². The summed E-state index contributed by atoms with van der Waals surface area (Å²) in [5.41, 5.74) is 1.01. The molecule has 0 saturated carbocycles. The molecule has 7 heteroatoms. The Hall–Kier alpha value is -2.72. The van der Waals surface area contributed by atoms with Crippen LogP contribution in [0.5, 0.6) is 0 Å². The summed E-state index contributed by atoms with van der Waals surface area (Å²) >= 11 is 1.24. The number of aryl methyl sites for hydroxylation is 1. The summed E-state index contributed by atoms with van der Waals surface area (Å²) < 4.78 is 12.9. The molecule has 1 aromatic heterocycles. The van der Waals surface area contributed by atoms with Crippen molar-refractivity contribution in [1.82, 2.24) is 0 Å². The monoisotopic (exact) mass is 344 g/mol. The molecule has 1 aliphatic rings. The largest absolute Gasteiger partial charge is 0.481 e. The molecule has 5 nitrogen and oxygen atoms in total. The SMILES string of the molecule is N#Cc1c(NC(=O)c2ccc(F)cc2)sc2c1C(C(=O)O)CCC2. The summed E-state index contributed by atoms with van der Waals surface area (Å²) in [6.45, 7) is 0. The van der Waals surface area contributed by atoms with Crippen LogP contribution in [0.1, 0.15) is 45.1 Å². The van der Waals surface area contributed by atoms with E-state index in [-0.39, 0.29) is 11.1 Å². The second kappa shape index (κ2) is 6.42. The number of amides is 1.